The zero-order chi connectivity index (χ0) is 34.2. The van der Waals surface area contributed by atoms with Gasteiger partial charge in [-0.2, -0.15) is 4.37 Å². The van der Waals surface area contributed by atoms with Crippen LogP contribution in [0.2, 0.25) is 0 Å². The number of benzene rings is 2. The molecule has 262 valence electrons. The molecule has 2 fully saturated rings. The van der Waals surface area contributed by atoms with Crippen molar-refractivity contribution in [2.24, 2.45) is 0 Å². The molecule has 4 aliphatic heterocycles. The highest BCUT2D eigenvalue weighted by Crippen LogP contribution is 2.42. The van der Waals surface area contributed by atoms with Gasteiger partial charge in [0.2, 0.25) is 11.8 Å². The van der Waals surface area contributed by atoms with Crippen LogP contribution in [-0.4, -0.2) is 120 Å². The molecule has 0 radical (unpaired) electrons. The molecule has 2 amide bonds. The van der Waals surface area contributed by atoms with E-state index in [0.29, 0.717) is 64.0 Å². The number of likely N-dealkylation sites (tertiary alicyclic amines) is 1. The number of hydrogen-bond acceptors (Lipinski definition) is 10. The van der Waals surface area contributed by atoms with E-state index < -0.39 is 12.2 Å². The molecule has 50 heavy (non-hydrogen) atoms. The highest BCUT2D eigenvalue weighted by Gasteiger charge is 2.51. The smallest absolute Gasteiger partial charge is 0.246 e. The normalized spacial score (nSPS) is 21.9. The van der Waals surface area contributed by atoms with Crippen LogP contribution in [0.4, 0.5) is 0 Å². The fourth-order valence-electron chi connectivity index (χ4n) is 7.83. The van der Waals surface area contributed by atoms with Crippen molar-refractivity contribution in [3.8, 4) is 11.5 Å². The van der Waals surface area contributed by atoms with Crippen LogP contribution in [0.15, 0.2) is 48.7 Å². The monoisotopic (exact) mass is 698 g/mol. The fourth-order valence-corrected chi connectivity index (χ4v) is 8.47. The maximum Gasteiger partial charge on any atom is 0.246 e. The molecule has 2 aromatic heterocycles. The molecule has 0 unspecified atom stereocenters. The van der Waals surface area contributed by atoms with Crippen molar-refractivity contribution >= 4 is 46.5 Å². The first-order valence-corrected chi connectivity index (χ1v) is 18.0. The Morgan fingerprint density at radius 3 is 2.66 bits per heavy atom. The van der Waals surface area contributed by atoms with Gasteiger partial charge in [0.1, 0.15) is 32.0 Å². The summed E-state index contributed by atoms with van der Waals surface area (Å²) in [6.45, 7) is 4.72. The second-order valence-corrected chi connectivity index (χ2v) is 14.1. The average Bonchev–Trinajstić information content (AvgIpc) is 3.88. The molecule has 2 aromatic carbocycles. The Morgan fingerprint density at radius 1 is 1.00 bits per heavy atom. The van der Waals surface area contributed by atoms with E-state index >= 15 is 0 Å². The highest BCUT2D eigenvalue weighted by molar-refractivity contribution is 7.03. The van der Waals surface area contributed by atoms with Crippen molar-refractivity contribution in [3.05, 3.63) is 75.2 Å². The molecule has 0 bridgehead atoms. The zero-order valence-electron chi connectivity index (χ0n) is 28.4. The lowest BCUT2D eigenvalue weighted by molar-refractivity contribution is -0.165. The van der Waals surface area contributed by atoms with E-state index in [-0.39, 0.29) is 24.4 Å². The van der Waals surface area contributed by atoms with Gasteiger partial charge in [0, 0.05) is 81.4 Å². The molecule has 0 aliphatic carbocycles. The number of amides is 2. The van der Waals surface area contributed by atoms with Gasteiger partial charge >= 0.3 is 0 Å². The van der Waals surface area contributed by atoms with Gasteiger partial charge in [0.05, 0.1) is 23.4 Å². The lowest BCUT2D eigenvalue weighted by Crippen LogP contribution is -2.66. The van der Waals surface area contributed by atoms with Gasteiger partial charge in [-0.25, -0.2) is 0 Å². The maximum absolute atomic E-state index is 14.5. The number of rotatable bonds is 12. The van der Waals surface area contributed by atoms with Gasteiger partial charge in [0.25, 0.3) is 0 Å². The van der Waals surface area contributed by atoms with Crippen LogP contribution in [0, 0.1) is 0 Å². The highest BCUT2D eigenvalue weighted by atomic mass is 32.1. The van der Waals surface area contributed by atoms with Crippen molar-refractivity contribution in [2.75, 3.05) is 66.8 Å². The van der Waals surface area contributed by atoms with Gasteiger partial charge in [-0.1, -0.05) is 24.3 Å². The number of nitrogens with zero attached hydrogens (tertiary/aromatic N) is 5. The molecule has 0 saturated carbocycles. The SMILES string of the molecule is COCCOc1ccc(CN2CC[C@@H](N3CC(=O)N4[C@H](Cc5c([nH]c6ccccc56)[C@@H]4N4C=c5cnsc5=CC4)C3=O)C2)cc1OCCOC. The Labute approximate surface area is 294 Å². The van der Waals surface area contributed by atoms with E-state index in [0.717, 1.165) is 50.4 Å². The van der Waals surface area contributed by atoms with E-state index in [9.17, 15) is 9.59 Å². The third-order valence-electron chi connectivity index (χ3n) is 10.2. The molecule has 4 aromatic rings. The van der Waals surface area contributed by atoms with Gasteiger partial charge in [-0.15, -0.1) is 0 Å². The quantitative estimate of drug-likeness (QED) is 0.223. The van der Waals surface area contributed by atoms with Crippen molar-refractivity contribution in [1.82, 2.24) is 29.0 Å². The van der Waals surface area contributed by atoms with Crippen LogP contribution >= 0.6 is 11.5 Å². The van der Waals surface area contributed by atoms with E-state index in [4.69, 9.17) is 18.9 Å². The number of piperazine rings is 1. The predicted octanol–water partition coefficient (Wildman–Crippen LogP) is 2.08. The van der Waals surface area contributed by atoms with E-state index in [1.54, 1.807) is 14.2 Å². The van der Waals surface area contributed by atoms with Crippen molar-refractivity contribution in [2.45, 2.75) is 37.6 Å². The molecule has 0 spiro atoms. The van der Waals surface area contributed by atoms with Gasteiger partial charge < -0.3 is 38.6 Å². The Bertz CT molecular complexity index is 2010. The summed E-state index contributed by atoms with van der Waals surface area (Å²) in [5, 5.41) is 2.14. The van der Waals surface area contributed by atoms with Crippen LogP contribution in [0.1, 0.15) is 29.4 Å². The zero-order valence-corrected chi connectivity index (χ0v) is 29.2. The Hall–Kier alpha value is -4.43. The minimum atomic E-state index is -0.574. The van der Waals surface area contributed by atoms with E-state index in [1.807, 2.05) is 40.3 Å². The first kappa shape index (κ1) is 32.8. The number of carbonyl (C=O) groups is 2. The molecule has 4 aliphatic rings. The Morgan fingerprint density at radius 2 is 1.82 bits per heavy atom. The summed E-state index contributed by atoms with van der Waals surface area (Å²) in [7, 11) is 3.29. The van der Waals surface area contributed by atoms with Crippen LogP contribution in [0.5, 0.6) is 11.5 Å². The first-order valence-electron chi connectivity index (χ1n) is 17.2. The number of methoxy groups -OCH3 is 2. The second kappa shape index (κ2) is 14.1. The number of aromatic amines is 1. The molecule has 12 nitrogen and oxygen atoms in total. The average molecular weight is 699 g/mol. The van der Waals surface area contributed by atoms with Crippen LogP contribution in [0.25, 0.3) is 23.2 Å². The molecule has 13 heteroatoms. The summed E-state index contributed by atoms with van der Waals surface area (Å²) in [6, 6.07) is 13.6. The number of nitrogens with one attached hydrogen (secondary N) is 1. The van der Waals surface area contributed by atoms with Crippen molar-refractivity contribution in [1.29, 1.82) is 0 Å². The van der Waals surface area contributed by atoms with Gasteiger partial charge in [-0.3, -0.25) is 14.5 Å². The van der Waals surface area contributed by atoms with Crippen molar-refractivity contribution in [3.63, 3.8) is 0 Å². The Balaban J connectivity index is 1.01. The van der Waals surface area contributed by atoms with Gasteiger partial charge in [-0.05, 0) is 53.4 Å². The third-order valence-corrected chi connectivity index (χ3v) is 11.0. The second-order valence-electron chi connectivity index (χ2n) is 13.2. The maximum atomic E-state index is 14.5. The largest absolute Gasteiger partial charge is 0.487 e. The number of aromatic nitrogens is 2. The molecule has 2 saturated heterocycles. The Kier molecular flexibility index (Phi) is 9.21. The molecule has 8 rings (SSSR count). The fraction of sp³-hybridized carbons (Fsp3) is 0.432. The van der Waals surface area contributed by atoms with Crippen molar-refractivity contribution < 1.29 is 28.5 Å². The van der Waals surface area contributed by atoms with Gasteiger partial charge in [0.15, 0.2) is 11.5 Å². The molecular weight excluding hydrogens is 657 g/mol. The minimum absolute atomic E-state index is 0.0214. The number of fused-ring (bicyclic) bond motifs is 5. The van der Waals surface area contributed by atoms with Crippen LogP contribution in [-0.2, 0) is 32.0 Å². The lowest BCUT2D eigenvalue weighted by Gasteiger charge is -2.50. The number of carbonyl (C=O) groups excluding carboxylic acids is 2. The molecular formula is C37H42N6O6S. The summed E-state index contributed by atoms with van der Waals surface area (Å²) in [4.78, 5) is 40.7. The minimum Gasteiger partial charge on any atom is -0.487 e. The summed E-state index contributed by atoms with van der Waals surface area (Å²) >= 11 is 1.47. The number of ether oxygens (including phenoxy) is 4. The number of H-pyrrole nitrogens is 1. The summed E-state index contributed by atoms with van der Waals surface area (Å²) in [5.41, 5.74) is 4.21. The van der Waals surface area contributed by atoms with Crippen LogP contribution in [0.3, 0.4) is 0 Å². The van der Waals surface area contributed by atoms with Crippen LogP contribution < -0.4 is 19.2 Å². The summed E-state index contributed by atoms with van der Waals surface area (Å²) in [6.07, 6.45) is 7.00. The van der Waals surface area contributed by atoms with E-state index in [2.05, 4.69) is 49.6 Å². The standard InChI is InChI=1S/C37H42N6O6S/c1-46-13-15-48-31-8-7-24(17-32(31)49-16-14-47-2)20-40-11-9-26(22-40)42-23-34(44)43-30(37(42)45)18-28-27-5-3-4-6-29(27)39-35(28)36(43)41-12-10-33-25(21-41)19-38-50-33/h3-8,10,17,19,21,26,30,36,39H,9,11-16,18,20,22-23H2,1-2H3/t26-,30-,36-/m1/s1. The summed E-state index contributed by atoms with van der Waals surface area (Å²) in [5.74, 6) is 1.34. The molecule has 3 atom stereocenters. The van der Waals surface area contributed by atoms with E-state index in [1.165, 1.54) is 11.5 Å². The summed E-state index contributed by atoms with van der Waals surface area (Å²) < 4.78 is 27.7. The third kappa shape index (κ3) is 6.12. The predicted molar refractivity (Wildman–Crippen MR) is 189 cm³/mol. The first-order chi connectivity index (χ1) is 24.5. The molecule has 1 N–H and O–H groups in total. The number of para-hydroxylation sites is 1. The lowest BCUT2D eigenvalue weighted by atomic mass is 9.90. The molecule has 6 heterocycles. The number of hydrogen-bond donors (Lipinski definition) is 1. The topological polar surface area (TPSA) is 113 Å².